The summed E-state index contributed by atoms with van der Waals surface area (Å²) in [4.78, 5) is 20.1. The molecule has 1 aromatic carbocycles. The highest BCUT2D eigenvalue weighted by Crippen LogP contribution is 2.10. The molecule has 0 radical (unpaired) electrons. The largest absolute Gasteiger partial charge is 0.357 e. The molecule has 0 spiro atoms. The average molecular weight is 354 g/mol. The molecule has 0 aromatic heterocycles. The SMILES string of the molecule is CCNC(=NCCc1cc(F)ccc1F)N(C)CC(=O)N(CC)CC. The summed E-state index contributed by atoms with van der Waals surface area (Å²) in [6.45, 7) is 8.29. The van der Waals surface area contributed by atoms with Crippen LogP contribution in [0.1, 0.15) is 26.3 Å². The molecule has 5 nitrogen and oxygen atoms in total. The van der Waals surface area contributed by atoms with Crippen LogP contribution in [0.5, 0.6) is 0 Å². The lowest BCUT2D eigenvalue weighted by Gasteiger charge is -2.25. The smallest absolute Gasteiger partial charge is 0.242 e. The maximum Gasteiger partial charge on any atom is 0.242 e. The lowest BCUT2D eigenvalue weighted by atomic mass is 10.1. The van der Waals surface area contributed by atoms with E-state index in [1.165, 1.54) is 6.07 Å². The fourth-order valence-corrected chi connectivity index (χ4v) is 2.44. The zero-order valence-corrected chi connectivity index (χ0v) is 15.5. The van der Waals surface area contributed by atoms with Crippen LogP contribution in [0.15, 0.2) is 23.2 Å². The normalized spacial score (nSPS) is 11.4. The van der Waals surface area contributed by atoms with Crippen LogP contribution in [0.25, 0.3) is 0 Å². The molecule has 0 aliphatic heterocycles. The zero-order valence-electron chi connectivity index (χ0n) is 15.5. The van der Waals surface area contributed by atoms with Crippen LogP contribution in [-0.2, 0) is 11.2 Å². The highest BCUT2D eigenvalue weighted by atomic mass is 19.1. The number of rotatable bonds is 8. The summed E-state index contributed by atoms with van der Waals surface area (Å²) in [6.07, 6.45) is 0.288. The molecule has 0 heterocycles. The van der Waals surface area contributed by atoms with Gasteiger partial charge in [0, 0.05) is 33.2 Å². The van der Waals surface area contributed by atoms with Crippen molar-refractivity contribution in [2.75, 3.05) is 39.8 Å². The van der Waals surface area contributed by atoms with Crippen molar-refractivity contribution < 1.29 is 13.6 Å². The highest BCUT2D eigenvalue weighted by Gasteiger charge is 2.15. The number of carbonyl (C=O) groups is 1. The summed E-state index contributed by atoms with van der Waals surface area (Å²) >= 11 is 0. The number of halogens is 2. The van der Waals surface area contributed by atoms with Gasteiger partial charge in [0.2, 0.25) is 5.91 Å². The maximum absolute atomic E-state index is 13.6. The third-order valence-electron chi connectivity index (χ3n) is 3.84. The van der Waals surface area contributed by atoms with E-state index in [0.717, 1.165) is 12.1 Å². The van der Waals surface area contributed by atoms with Gasteiger partial charge in [-0.3, -0.25) is 9.79 Å². The second-order valence-corrected chi connectivity index (χ2v) is 5.64. The molecule has 1 N–H and O–H groups in total. The summed E-state index contributed by atoms with van der Waals surface area (Å²) in [7, 11) is 1.78. The second kappa shape index (κ2) is 10.6. The van der Waals surface area contributed by atoms with Gasteiger partial charge >= 0.3 is 0 Å². The molecule has 0 saturated carbocycles. The Balaban J connectivity index is 2.72. The molecule has 0 aliphatic carbocycles. The Hall–Kier alpha value is -2.18. The van der Waals surface area contributed by atoms with E-state index in [0.29, 0.717) is 37.7 Å². The number of guanidine groups is 1. The minimum absolute atomic E-state index is 0.0225. The Bertz CT molecular complexity index is 588. The van der Waals surface area contributed by atoms with Crippen molar-refractivity contribution in [3.8, 4) is 0 Å². The standard InChI is InChI=1S/C18H28F2N4O/c1-5-21-18(23(4)13-17(25)24(6-2)7-3)22-11-10-14-12-15(19)8-9-16(14)20/h8-9,12H,5-7,10-11,13H2,1-4H3,(H,21,22). The van der Waals surface area contributed by atoms with E-state index < -0.39 is 11.6 Å². The second-order valence-electron chi connectivity index (χ2n) is 5.64. The van der Waals surface area contributed by atoms with E-state index >= 15 is 0 Å². The molecule has 1 amide bonds. The molecule has 0 unspecified atom stereocenters. The first-order chi connectivity index (χ1) is 11.9. The first-order valence-electron chi connectivity index (χ1n) is 8.64. The van der Waals surface area contributed by atoms with E-state index in [2.05, 4.69) is 10.3 Å². The molecule has 0 atom stereocenters. The van der Waals surface area contributed by atoms with Crippen LogP contribution in [0.3, 0.4) is 0 Å². The minimum atomic E-state index is -0.464. The lowest BCUT2D eigenvalue weighted by molar-refractivity contribution is -0.131. The molecule has 1 rings (SSSR count). The molecular formula is C18H28F2N4O. The Morgan fingerprint density at radius 2 is 1.88 bits per heavy atom. The number of likely N-dealkylation sites (N-methyl/N-ethyl adjacent to an activating group) is 2. The van der Waals surface area contributed by atoms with E-state index in [4.69, 9.17) is 0 Å². The first-order valence-corrected chi connectivity index (χ1v) is 8.64. The van der Waals surface area contributed by atoms with Gasteiger partial charge in [-0.2, -0.15) is 0 Å². The lowest BCUT2D eigenvalue weighted by Crippen LogP contribution is -2.45. The highest BCUT2D eigenvalue weighted by molar-refractivity contribution is 5.86. The minimum Gasteiger partial charge on any atom is -0.357 e. The average Bonchev–Trinajstić information content (AvgIpc) is 2.58. The summed E-state index contributed by atoms with van der Waals surface area (Å²) in [5.74, 6) is -0.310. The molecule has 1 aromatic rings. The number of hydrogen-bond acceptors (Lipinski definition) is 2. The molecule has 0 fully saturated rings. The van der Waals surface area contributed by atoms with Crippen LogP contribution in [0, 0.1) is 11.6 Å². The first kappa shape index (κ1) is 20.9. The number of aliphatic imine (C=N–C) groups is 1. The molecule has 0 bridgehead atoms. The van der Waals surface area contributed by atoms with Gasteiger partial charge in [-0.1, -0.05) is 0 Å². The van der Waals surface area contributed by atoms with Crippen molar-refractivity contribution >= 4 is 11.9 Å². The van der Waals surface area contributed by atoms with Gasteiger partial charge in [0.25, 0.3) is 0 Å². The molecular weight excluding hydrogens is 326 g/mol. The van der Waals surface area contributed by atoms with Gasteiger partial charge in [0.15, 0.2) is 5.96 Å². The van der Waals surface area contributed by atoms with Crippen LogP contribution < -0.4 is 5.32 Å². The number of carbonyl (C=O) groups excluding carboxylic acids is 1. The molecule has 0 saturated heterocycles. The van der Waals surface area contributed by atoms with Crippen molar-refractivity contribution in [1.29, 1.82) is 0 Å². The van der Waals surface area contributed by atoms with Gasteiger partial charge < -0.3 is 15.1 Å². The fourth-order valence-electron chi connectivity index (χ4n) is 2.44. The maximum atomic E-state index is 13.6. The van der Waals surface area contributed by atoms with Crippen molar-refractivity contribution in [3.05, 3.63) is 35.4 Å². The number of nitrogens with zero attached hydrogens (tertiary/aromatic N) is 3. The molecule has 25 heavy (non-hydrogen) atoms. The van der Waals surface area contributed by atoms with Crippen molar-refractivity contribution in [2.24, 2.45) is 4.99 Å². The third-order valence-corrected chi connectivity index (χ3v) is 3.84. The van der Waals surface area contributed by atoms with Crippen molar-refractivity contribution in [3.63, 3.8) is 0 Å². The van der Waals surface area contributed by atoms with Crippen molar-refractivity contribution in [1.82, 2.24) is 15.1 Å². The van der Waals surface area contributed by atoms with E-state index in [-0.39, 0.29) is 18.9 Å². The van der Waals surface area contributed by atoms with Gasteiger partial charge in [-0.25, -0.2) is 8.78 Å². The Morgan fingerprint density at radius 1 is 1.20 bits per heavy atom. The van der Waals surface area contributed by atoms with Crippen LogP contribution >= 0.6 is 0 Å². The van der Waals surface area contributed by atoms with Gasteiger partial charge in [-0.15, -0.1) is 0 Å². The van der Waals surface area contributed by atoms with Crippen LogP contribution in [0.2, 0.25) is 0 Å². The molecule has 0 aliphatic rings. The predicted octanol–water partition coefficient (Wildman–Crippen LogP) is 2.27. The summed E-state index contributed by atoms with van der Waals surface area (Å²) < 4.78 is 26.9. The Labute approximate surface area is 148 Å². The zero-order chi connectivity index (χ0) is 18.8. The van der Waals surface area contributed by atoms with Gasteiger partial charge in [0.1, 0.15) is 11.6 Å². The predicted molar refractivity (Wildman–Crippen MR) is 96.6 cm³/mol. The summed E-state index contributed by atoms with van der Waals surface area (Å²) in [5.41, 5.74) is 0.293. The van der Waals surface area contributed by atoms with Crippen LogP contribution in [-0.4, -0.2) is 61.4 Å². The van der Waals surface area contributed by atoms with E-state index in [1.807, 2.05) is 20.8 Å². The van der Waals surface area contributed by atoms with Gasteiger partial charge in [-0.05, 0) is 51.0 Å². The van der Waals surface area contributed by atoms with Crippen molar-refractivity contribution in [2.45, 2.75) is 27.2 Å². The molecule has 7 heteroatoms. The van der Waals surface area contributed by atoms with E-state index in [9.17, 15) is 13.6 Å². The third kappa shape index (κ3) is 6.68. The topological polar surface area (TPSA) is 47.9 Å². The fraction of sp³-hybridized carbons (Fsp3) is 0.556. The number of nitrogens with one attached hydrogen (secondary N) is 1. The van der Waals surface area contributed by atoms with Gasteiger partial charge in [0.05, 0.1) is 6.54 Å². The van der Waals surface area contributed by atoms with E-state index in [1.54, 1.807) is 16.8 Å². The summed E-state index contributed by atoms with van der Waals surface area (Å²) in [6, 6.07) is 3.40. The molecule has 140 valence electrons. The number of amides is 1. The monoisotopic (exact) mass is 354 g/mol. The number of benzene rings is 1. The Kier molecular flexibility index (Phi) is 8.88. The Morgan fingerprint density at radius 3 is 2.48 bits per heavy atom. The summed E-state index contributed by atoms with van der Waals surface area (Å²) in [5, 5.41) is 3.11. The quantitative estimate of drug-likeness (QED) is 0.575. The number of hydrogen-bond donors (Lipinski definition) is 1. The van der Waals surface area contributed by atoms with Crippen LogP contribution in [0.4, 0.5) is 8.78 Å².